The van der Waals surface area contributed by atoms with Gasteiger partial charge in [-0.25, -0.2) is 13.5 Å². The molecule has 1 saturated heterocycles. The first-order valence-electron chi connectivity index (χ1n) is 11.4. The van der Waals surface area contributed by atoms with Crippen molar-refractivity contribution in [3.8, 4) is 17.0 Å². The number of rotatable bonds is 6. The monoisotopic (exact) mass is 469 g/mol. The molecule has 178 valence electrons. The predicted octanol–water partition coefficient (Wildman–Crippen LogP) is 4.01. The lowest BCUT2D eigenvalue weighted by atomic mass is 9.71. The zero-order valence-electron chi connectivity index (χ0n) is 18.7. The molecule has 6 rings (SSSR count). The molecule has 2 N–H and O–H groups in total. The van der Waals surface area contributed by atoms with E-state index in [1.165, 1.54) is 4.68 Å². The maximum atomic E-state index is 12.9. The molecule has 1 spiro atoms. The lowest BCUT2D eigenvalue weighted by Gasteiger charge is -2.46. The second kappa shape index (κ2) is 8.15. The van der Waals surface area contributed by atoms with Crippen LogP contribution in [-0.2, 0) is 11.3 Å². The number of alkyl halides is 2. The highest BCUT2D eigenvalue weighted by Crippen LogP contribution is 2.43. The third-order valence-corrected chi connectivity index (χ3v) is 7.02. The smallest absolute Gasteiger partial charge is 0.258 e. The molecular formula is C23H25F2N7O2. The highest BCUT2D eigenvalue weighted by Gasteiger charge is 2.41. The van der Waals surface area contributed by atoms with Crippen molar-refractivity contribution in [3.63, 3.8) is 0 Å². The Hall–Kier alpha value is -3.34. The first-order valence-corrected chi connectivity index (χ1v) is 11.4. The Balaban J connectivity index is 1.31. The second-order valence-corrected chi connectivity index (χ2v) is 9.26. The van der Waals surface area contributed by atoms with Crippen LogP contribution in [0.2, 0.25) is 0 Å². The Bertz CT molecular complexity index is 1340. The molecule has 3 aromatic heterocycles. The van der Waals surface area contributed by atoms with E-state index >= 15 is 0 Å². The van der Waals surface area contributed by atoms with Crippen LogP contribution in [0.5, 0.6) is 5.88 Å². The molecule has 1 aliphatic heterocycles. The maximum Gasteiger partial charge on any atom is 0.258 e. The normalized spacial score (nSPS) is 18.1. The van der Waals surface area contributed by atoms with E-state index in [4.69, 9.17) is 14.5 Å². The molecule has 0 unspecified atom stereocenters. The van der Waals surface area contributed by atoms with E-state index in [0.717, 1.165) is 55.4 Å². The molecule has 11 heteroatoms. The molecule has 0 bridgehead atoms. The average Bonchev–Trinajstić information content (AvgIpc) is 3.41. The average molecular weight is 469 g/mol. The van der Waals surface area contributed by atoms with E-state index in [0.29, 0.717) is 40.0 Å². The third kappa shape index (κ3) is 3.64. The SMILES string of the molecule is COc1nc(NC2CCC3(CC2)COC3)nc2[nH]cc(-c3ccc4nnn(CC(F)F)c4c3)c12. The topological polar surface area (TPSA) is 103 Å². The number of aromatic amines is 1. The minimum atomic E-state index is -2.52. The fourth-order valence-corrected chi connectivity index (χ4v) is 5.07. The summed E-state index contributed by atoms with van der Waals surface area (Å²) in [5.74, 6) is 0.973. The van der Waals surface area contributed by atoms with Crippen molar-refractivity contribution >= 4 is 28.0 Å². The van der Waals surface area contributed by atoms with Crippen LogP contribution < -0.4 is 10.1 Å². The van der Waals surface area contributed by atoms with Crippen LogP contribution in [-0.4, -0.2) is 62.7 Å². The largest absolute Gasteiger partial charge is 0.480 e. The summed E-state index contributed by atoms with van der Waals surface area (Å²) in [5.41, 5.74) is 3.74. The number of hydrogen-bond acceptors (Lipinski definition) is 7. The van der Waals surface area contributed by atoms with Gasteiger partial charge in [0.2, 0.25) is 11.8 Å². The molecule has 0 amide bonds. The molecule has 1 aliphatic carbocycles. The summed E-state index contributed by atoms with van der Waals surface area (Å²) in [5, 5.41) is 12.0. The van der Waals surface area contributed by atoms with Gasteiger partial charge in [0.15, 0.2) is 0 Å². The minimum absolute atomic E-state index is 0.313. The molecule has 2 fully saturated rings. The number of hydrogen-bond donors (Lipinski definition) is 2. The molecule has 2 aliphatic rings. The van der Waals surface area contributed by atoms with Gasteiger partial charge in [0.1, 0.15) is 17.7 Å². The highest BCUT2D eigenvalue weighted by atomic mass is 19.3. The number of benzene rings is 1. The number of fused-ring (bicyclic) bond motifs is 2. The Kier molecular flexibility index (Phi) is 5.09. The zero-order chi connectivity index (χ0) is 23.3. The standard InChI is InChI=1S/C23H25F2N7O2/c1-33-21-19-15(13-2-3-16-17(8-13)32(31-30-16)10-18(24)25)9-26-20(19)28-22(29-21)27-14-4-6-23(7-5-14)11-34-12-23/h2-3,8-9,14,18H,4-7,10-12H2,1H3,(H2,26,27,28,29). The van der Waals surface area contributed by atoms with E-state index in [1.54, 1.807) is 19.2 Å². The van der Waals surface area contributed by atoms with Crippen LogP contribution in [0.3, 0.4) is 0 Å². The van der Waals surface area contributed by atoms with Gasteiger partial charge in [0, 0.05) is 23.2 Å². The summed E-state index contributed by atoms with van der Waals surface area (Å²) in [6, 6.07) is 5.76. The number of anilines is 1. The van der Waals surface area contributed by atoms with Crippen LogP contribution in [0.25, 0.3) is 33.2 Å². The van der Waals surface area contributed by atoms with E-state index in [-0.39, 0.29) is 0 Å². The fourth-order valence-electron chi connectivity index (χ4n) is 5.07. The van der Waals surface area contributed by atoms with Crippen LogP contribution in [0.15, 0.2) is 24.4 Å². The third-order valence-electron chi connectivity index (χ3n) is 7.02. The lowest BCUT2D eigenvalue weighted by molar-refractivity contribution is -0.131. The van der Waals surface area contributed by atoms with Crippen molar-refractivity contribution in [2.75, 3.05) is 25.6 Å². The fraction of sp³-hybridized carbons (Fsp3) is 0.478. The van der Waals surface area contributed by atoms with Gasteiger partial charge >= 0.3 is 0 Å². The van der Waals surface area contributed by atoms with Crippen molar-refractivity contribution in [2.24, 2.45) is 5.41 Å². The Morgan fingerprint density at radius 3 is 2.79 bits per heavy atom. The quantitative estimate of drug-likeness (QED) is 0.440. The van der Waals surface area contributed by atoms with Gasteiger partial charge in [-0.15, -0.1) is 5.10 Å². The van der Waals surface area contributed by atoms with E-state index in [1.807, 2.05) is 12.3 Å². The van der Waals surface area contributed by atoms with Crippen molar-refractivity contribution in [1.29, 1.82) is 0 Å². The summed E-state index contributed by atoms with van der Waals surface area (Å²) in [7, 11) is 1.58. The van der Waals surface area contributed by atoms with Crippen LogP contribution in [0.4, 0.5) is 14.7 Å². The molecule has 1 aromatic carbocycles. The summed E-state index contributed by atoms with van der Waals surface area (Å²) in [4.78, 5) is 12.5. The van der Waals surface area contributed by atoms with Gasteiger partial charge in [-0.05, 0) is 43.4 Å². The Morgan fingerprint density at radius 1 is 1.26 bits per heavy atom. The predicted molar refractivity (Wildman–Crippen MR) is 122 cm³/mol. The Morgan fingerprint density at radius 2 is 2.09 bits per heavy atom. The molecule has 9 nitrogen and oxygen atoms in total. The van der Waals surface area contributed by atoms with Crippen molar-refractivity contribution in [1.82, 2.24) is 29.9 Å². The molecule has 34 heavy (non-hydrogen) atoms. The molecule has 4 heterocycles. The first-order chi connectivity index (χ1) is 16.5. The van der Waals surface area contributed by atoms with Gasteiger partial charge in [-0.1, -0.05) is 11.3 Å². The second-order valence-electron chi connectivity index (χ2n) is 9.26. The first kappa shape index (κ1) is 21.2. The van der Waals surface area contributed by atoms with Crippen LogP contribution in [0.1, 0.15) is 25.7 Å². The highest BCUT2D eigenvalue weighted by molar-refractivity contribution is 5.99. The molecule has 0 atom stereocenters. The van der Waals surface area contributed by atoms with E-state index < -0.39 is 13.0 Å². The summed E-state index contributed by atoms with van der Waals surface area (Å²) in [6.07, 6.45) is 3.73. The summed E-state index contributed by atoms with van der Waals surface area (Å²) >= 11 is 0. The lowest BCUT2D eigenvalue weighted by Crippen LogP contribution is -2.47. The summed E-state index contributed by atoms with van der Waals surface area (Å²) in [6.45, 7) is 1.25. The van der Waals surface area contributed by atoms with Crippen LogP contribution >= 0.6 is 0 Å². The number of H-pyrrole nitrogens is 1. The van der Waals surface area contributed by atoms with Gasteiger partial charge in [0.05, 0.1) is 31.2 Å². The maximum absolute atomic E-state index is 12.9. The number of halogens is 2. The van der Waals surface area contributed by atoms with Gasteiger partial charge in [-0.3, -0.25) is 0 Å². The van der Waals surface area contributed by atoms with Gasteiger partial charge in [0.25, 0.3) is 6.43 Å². The van der Waals surface area contributed by atoms with Crippen molar-refractivity contribution < 1.29 is 18.3 Å². The number of ether oxygens (including phenoxy) is 2. The van der Waals surface area contributed by atoms with Crippen molar-refractivity contribution in [3.05, 3.63) is 24.4 Å². The van der Waals surface area contributed by atoms with Crippen LogP contribution in [0, 0.1) is 5.41 Å². The molecular weight excluding hydrogens is 444 g/mol. The van der Waals surface area contributed by atoms with E-state index in [9.17, 15) is 8.78 Å². The number of aromatic nitrogens is 6. The molecule has 4 aromatic rings. The number of nitrogens with zero attached hydrogens (tertiary/aromatic N) is 5. The van der Waals surface area contributed by atoms with Gasteiger partial charge in [-0.2, -0.15) is 9.97 Å². The minimum Gasteiger partial charge on any atom is -0.480 e. The number of nitrogens with one attached hydrogen (secondary N) is 2. The zero-order valence-corrected chi connectivity index (χ0v) is 18.7. The number of methoxy groups -OCH3 is 1. The molecule has 0 radical (unpaired) electrons. The Labute approximate surface area is 193 Å². The summed E-state index contributed by atoms with van der Waals surface area (Å²) < 4.78 is 38.1. The van der Waals surface area contributed by atoms with E-state index in [2.05, 4.69) is 25.6 Å². The molecule has 1 saturated carbocycles. The van der Waals surface area contributed by atoms with Gasteiger partial charge < -0.3 is 19.8 Å². The van der Waals surface area contributed by atoms with Crippen molar-refractivity contribution in [2.45, 2.75) is 44.7 Å².